The van der Waals surface area contributed by atoms with E-state index < -0.39 is 8.56 Å². The van der Waals surface area contributed by atoms with Crippen molar-refractivity contribution in [1.29, 1.82) is 0 Å². The van der Waals surface area contributed by atoms with E-state index in [4.69, 9.17) is 8.85 Å². The van der Waals surface area contributed by atoms with Crippen molar-refractivity contribution in [2.24, 2.45) is 0 Å². The first-order chi connectivity index (χ1) is 13.4. The van der Waals surface area contributed by atoms with Crippen LogP contribution in [0.5, 0.6) is 0 Å². The monoisotopic (exact) mass is 392 g/mol. The summed E-state index contributed by atoms with van der Waals surface area (Å²) in [4.78, 5) is 0. The second kappa shape index (κ2) is 10.3. The van der Waals surface area contributed by atoms with Crippen LogP contribution >= 0.6 is 0 Å². The Morgan fingerprint density at radius 3 is 1.00 bits per heavy atom. The maximum Gasteiger partial charge on any atom is 0.345 e. The highest BCUT2D eigenvalue weighted by molar-refractivity contribution is 6.70. The molecule has 156 valence electrons. The largest absolute Gasteiger partial charge is 0.391 e. The highest BCUT2D eigenvalue weighted by Gasteiger charge is 2.55. The summed E-state index contributed by atoms with van der Waals surface area (Å²) in [6, 6.07) is 0. The Morgan fingerprint density at radius 1 is 0.370 bits per heavy atom. The molecule has 4 saturated carbocycles. The topological polar surface area (TPSA) is 18.5 Å². The van der Waals surface area contributed by atoms with Gasteiger partial charge in [-0.3, -0.25) is 0 Å². The van der Waals surface area contributed by atoms with Gasteiger partial charge >= 0.3 is 8.56 Å². The van der Waals surface area contributed by atoms with Crippen LogP contribution in [-0.4, -0.2) is 20.8 Å². The predicted octanol–water partition coefficient (Wildman–Crippen LogP) is 7.80. The van der Waals surface area contributed by atoms with Gasteiger partial charge in [0.15, 0.2) is 0 Å². The van der Waals surface area contributed by atoms with Crippen LogP contribution in [0, 0.1) is 0 Å². The third-order valence-electron chi connectivity index (χ3n) is 8.15. The van der Waals surface area contributed by atoms with Crippen LogP contribution < -0.4 is 0 Å². The molecule has 4 aliphatic rings. The quantitative estimate of drug-likeness (QED) is 0.339. The Labute approximate surface area is 169 Å². The third kappa shape index (κ3) is 5.20. The van der Waals surface area contributed by atoms with Gasteiger partial charge in [-0.15, -0.1) is 0 Å². The van der Waals surface area contributed by atoms with Gasteiger partial charge in [0.2, 0.25) is 0 Å². The average Bonchev–Trinajstić information content (AvgIpc) is 3.30. The standard InChI is InChI=1S/C24H44O2Si/c1-2-6-14-21(13-5-1)25-27(23-17-9-10-18-23,24-19-11-12-20-24)26-22-15-7-3-4-8-16-22/h21-24H,1-20H2. The Hall–Kier alpha value is 0.137. The third-order valence-corrected chi connectivity index (χ3v) is 13.0. The molecule has 4 aliphatic carbocycles. The van der Waals surface area contributed by atoms with Gasteiger partial charge in [-0.05, 0) is 51.4 Å². The van der Waals surface area contributed by atoms with E-state index in [9.17, 15) is 0 Å². The number of rotatable bonds is 6. The highest BCUT2D eigenvalue weighted by atomic mass is 28.4. The molecular formula is C24H44O2Si. The molecule has 0 amide bonds. The van der Waals surface area contributed by atoms with Crippen molar-refractivity contribution in [2.45, 2.75) is 152 Å². The lowest BCUT2D eigenvalue weighted by Gasteiger charge is -2.45. The summed E-state index contributed by atoms with van der Waals surface area (Å²) in [6.07, 6.45) is 28.8. The van der Waals surface area contributed by atoms with E-state index in [1.807, 2.05) is 0 Å². The van der Waals surface area contributed by atoms with Gasteiger partial charge in [0, 0.05) is 23.3 Å². The molecular weight excluding hydrogens is 348 g/mol. The van der Waals surface area contributed by atoms with Gasteiger partial charge in [-0.25, -0.2) is 0 Å². The zero-order valence-corrected chi connectivity index (χ0v) is 18.8. The molecule has 4 rings (SSSR count). The van der Waals surface area contributed by atoms with Crippen molar-refractivity contribution in [3.05, 3.63) is 0 Å². The normalized spacial score (nSPS) is 28.4. The highest BCUT2D eigenvalue weighted by Crippen LogP contribution is 2.53. The van der Waals surface area contributed by atoms with E-state index in [0.717, 1.165) is 11.1 Å². The van der Waals surface area contributed by atoms with Crippen molar-refractivity contribution in [3.8, 4) is 0 Å². The van der Waals surface area contributed by atoms with Crippen molar-refractivity contribution < 1.29 is 8.85 Å². The van der Waals surface area contributed by atoms with E-state index in [-0.39, 0.29) is 0 Å². The SMILES string of the molecule is C1CCCC(O[Si](OC2CCCCCC2)(C2CCCC2)C2CCCC2)CC1. The number of hydrogen-bond acceptors (Lipinski definition) is 2. The molecule has 0 radical (unpaired) electrons. The van der Waals surface area contributed by atoms with E-state index in [1.54, 1.807) is 0 Å². The fraction of sp³-hybridized carbons (Fsp3) is 1.00. The molecule has 27 heavy (non-hydrogen) atoms. The molecule has 0 aromatic carbocycles. The summed E-state index contributed by atoms with van der Waals surface area (Å²) in [6.45, 7) is 0. The van der Waals surface area contributed by atoms with Crippen molar-refractivity contribution >= 4 is 8.56 Å². The Bertz CT molecular complexity index is 372. The Morgan fingerprint density at radius 2 is 0.667 bits per heavy atom. The van der Waals surface area contributed by atoms with E-state index in [0.29, 0.717) is 12.2 Å². The first kappa shape index (κ1) is 20.4. The molecule has 3 heteroatoms. The maximum absolute atomic E-state index is 7.39. The first-order valence-corrected chi connectivity index (χ1v) is 14.7. The lowest BCUT2D eigenvalue weighted by Crippen LogP contribution is -2.54. The second-order valence-electron chi connectivity index (χ2n) is 10.1. The van der Waals surface area contributed by atoms with Crippen molar-refractivity contribution in [2.75, 3.05) is 0 Å². The molecule has 0 aromatic rings. The summed E-state index contributed by atoms with van der Waals surface area (Å²) < 4.78 is 14.8. The second-order valence-corrected chi connectivity index (χ2v) is 13.7. The fourth-order valence-corrected chi connectivity index (χ4v) is 12.1. The molecule has 0 unspecified atom stereocenters. The number of hydrogen-bond donors (Lipinski definition) is 0. The molecule has 0 aliphatic heterocycles. The van der Waals surface area contributed by atoms with Crippen LogP contribution in [0.3, 0.4) is 0 Å². The summed E-state index contributed by atoms with van der Waals surface area (Å²) in [7, 11) is -2.15. The molecule has 0 saturated heterocycles. The summed E-state index contributed by atoms with van der Waals surface area (Å²) in [5.74, 6) is 0. The Balaban J connectivity index is 1.57. The summed E-state index contributed by atoms with van der Waals surface area (Å²) in [5, 5.41) is 0. The molecule has 0 aromatic heterocycles. The molecule has 0 spiro atoms. The van der Waals surface area contributed by atoms with Crippen LogP contribution in [0.15, 0.2) is 0 Å². The minimum Gasteiger partial charge on any atom is -0.391 e. The zero-order valence-electron chi connectivity index (χ0n) is 17.8. The average molecular weight is 393 g/mol. The van der Waals surface area contributed by atoms with Crippen LogP contribution in [0.25, 0.3) is 0 Å². The lowest BCUT2D eigenvalue weighted by atomic mass is 10.2. The van der Waals surface area contributed by atoms with Gasteiger partial charge in [-0.1, -0.05) is 77.0 Å². The van der Waals surface area contributed by atoms with Crippen LogP contribution in [0.4, 0.5) is 0 Å². The van der Waals surface area contributed by atoms with E-state index >= 15 is 0 Å². The van der Waals surface area contributed by atoms with Gasteiger partial charge in [0.25, 0.3) is 0 Å². The van der Waals surface area contributed by atoms with Crippen LogP contribution in [-0.2, 0) is 8.85 Å². The van der Waals surface area contributed by atoms with Crippen molar-refractivity contribution in [3.63, 3.8) is 0 Å². The van der Waals surface area contributed by atoms with Gasteiger partial charge in [-0.2, -0.15) is 0 Å². The van der Waals surface area contributed by atoms with E-state index in [2.05, 4.69) is 0 Å². The lowest BCUT2D eigenvalue weighted by molar-refractivity contribution is 0.0502. The molecule has 4 fully saturated rings. The summed E-state index contributed by atoms with van der Waals surface area (Å²) >= 11 is 0. The maximum atomic E-state index is 7.39. The fourth-order valence-electron chi connectivity index (χ4n) is 6.64. The minimum atomic E-state index is -2.15. The van der Waals surface area contributed by atoms with Gasteiger partial charge in [0.05, 0.1) is 0 Å². The predicted molar refractivity (Wildman–Crippen MR) is 115 cm³/mol. The molecule has 0 atom stereocenters. The first-order valence-electron chi connectivity index (χ1n) is 12.7. The smallest absolute Gasteiger partial charge is 0.345 e. The van der Waals surface area contributed by atoms with E-state index in [1.165, 1.54) is 128 Å². The zero-order chi connectivity index (χ0) is 18.4. The minimum absolute atomic E-state index is 0.520. The van der Waals surface area contributed by atoms with Crippen LogP contribution in [0.2, 0.25) is 11.1 Å². The van der Waals surface area contributed by atoms with Gasteiger partial charge in [0.1, 0.15) is 0 Å². The Kier molecular flexibility index (Phi) is 7.75. The molecule has 0 bridgehead atoms. The molecule has 0 N–H and O–H groups in total. The molecule has 2 nitrogen and oxygen atoms in total. The van der Waals surface area contributed by atoms with Crippen molar-refractivity contribution in [1.82, 2.24) is 0 Å². The van der Waals surface area contributed by atoms with Crippen LogP contribution in [0.1, 0.15) is 128 Å². The summed E-state index contributed by atoms with van der Waals surface area (Å²) in [5.41, 5.74) is 1.60. The van der Waals surface area contributed by atoms with Gasteiger partial charge < -0.3 is 8.85 Å². The molecule has 0 heterocycles.